The van der Waals surface area contributed by atoms with Crippen LogP contribution in [-0.2, 0) is 12.1 Å². The highest BCUT2D eigenvalue weighted by atomic mass is 35.5. The van der Waals surface area contributed by atoms with Crippen molar-refractivity contribution in [2.45, 2.75) is 25.9 Å². The Kier molecular flexibility index (Phi) is 6.42. The van der Waals surface area contributed by atoms with Crippen molar-refractivity contribution in [2.24, 2.45) is 0 Å². The van der Waals surface area contributed by atoms with Gasteiger partial charge in [0.1, 0.15) is 5.82 Å². The summed E-state index contributed by atoms with van der Waals surface area (Å²) in [7, 11) is 0. The maximum absolute atomic E-state index is 13.5. The van der Waals surface area contributed by atoms with E-state index in [9.17, 15) is 4.39 Å². The lowest BCUT2D eigenvalue weighted by molar-refractivity contribution is 0.530. The predicted molar refractivity (Wildman–Crippen MR) is 121 cm³/mol. The van der Waals surface area contributed by atoms with E-state index in [1.54, 1.807) is 26.0 Å². The van der Waals surface area contributed by atoms with E-state index in [2.05, 4.69) is 33.1 Å². The molecule has 0 saturated heterocycles. The van der Waals surface area contributed by atoms with E-state index < -0.39 is 11.4 Å². The molecule has 0 aliphatic heterocycles. The lowest BCUT2D eigenvalue weighted by Crippen LogP contribution is -2.43. The summed E-state index contributed by atoms with van der Waals surface area (Å²) >= 11 is 11.4. The number of para-hydroxylation sites is 1. The second-order valence-corrected chi connectivity index (χ2v) is 7.72. The van der Waals surface area contributed by atoms with Crippen LogP contribution in [0.5, 0.6) is 0 Å². The predicted octanol–water partition coefficient (Wildman–Crippen LogP) is 4.40. The van der Waals surface area contributed by atoms with Crippen LogP contribution in [0, 0.1) is 19.7 Å². The first-order valence-corrected chi connectivity index (χ1v) is 9.76. The second kappa shape index (κ2) is 8.85. The van der Waals surface area contributed by atoms with E-state index in [-0.39, 0.29) is 5.02 Å². The standard InChI is InChI=1S/C20H21ClFN6OS/c1-11-27-28-18(29-11)24-10-12-5-4-6-16(23)17(12)25-19(30)26-20(2,3)13-7-8-15(22)14(21)9-13/h4-9H,2,10,23H2,1,3H3,(H,24,28)(H2,25,26,30). The maximum atomic E-state index is 13.5. The molecule has 0 fully saturated rings. The van der Waals surface area contributed by atoms with E-state index in [1.807, 2.05) is 12.1 Å². The number of anilines is 3. The second-order valence-electron chi connectivity index (χ2n) is 6.90. The molecule has 0 aliphatic carbocycles. The Morgan fingerprint density at radius 2 is 2.10 bits per heavy atom. The molecule has 7 nitrogen and oxygen atoms in total. The topological polar surface area (TPSA) is 101 Å². The Bertz CT molecular complexity index is 1070. The van der Waals surface area contributed by atoms with Crippen LogP contribution in [0.15, 0.2) is 40.8 Å². The zero-order valence-corrected chi connectivity index (χ0v) is 18.0. The van der Waals surface area contributed by atoms with Crippen molar-refractivity contribution in [3.05, 3.63) is 71.2 Å². The van der Waals surface area contributed by atoms with Gasteiger partial charge < -0.3 is 26.1 Å². The van der Waals surface area contributed by atoms with Crippen molar-refractivity contribution in [1.82, 2.24) is 15.5 Å². The minimum atomic E-state index is -0.856. The lowest BCUT2D eigenvalue weighted by atomic mass is 9.94. The monoisotopic (exact) mass is 447 g/mol. The molecule has 1 radical (unpaired) electrons. The Labute approximate surface area is 184 Å². The number of aryl methyl sites for hydroxylation is 1. The zero-order valence-electron chi connectivity index (χ0n) is 16.4. The number of hydrogen-bond donors (Lipinski definition) is 4. The van der Waals surface area contributed by atoms with Crippen molar-refractivity contribution < 1.29 is 8.81 Å². The molecule has 1 heterocycles. The van der Waals surface area contributed by atoms with E-state index in [0.717, 1.165) is 5.56 Å². The molecule has 0 aliphatic rings. The van der Waals surface area contributed by atoms with Gasteiger partial charge in [-0.1, -0.05) is 34.9 Å². The molecule has 3 aromatic rings. The van der Waals surface area contributed by atoms with Gasteiger partial charge in [0.25, 0.3) is 0 Å². The summed E-state index contributed by atoms with van der Waals surface area (Å²) in [5, 5.41) is 17.3. The molecule has 1 aromatic heterocycles. The molecule has 0 bridgehead atoms. The number of nitrogens with two attached hydrogens (primary N) is 1. The normalized spacial score (nSPS) is 11.2. The molecule has 0 saturated carbocycles. The van der Waals surface area contributed by atoms with Gasteiger partial charge in [0.2, 0.25) is 5.89 Å². The van der Waals surface area contributed by atoms with Crippen molar-refractivity contribution in [3.8, 4) is 0 Å². The van der Waals surface area contributed by atoms with E-state index in [4.69, 9.17) is 34.0 Å². The third kappa shape index (κ3) is 5.17. The molecule has 3 rings (SSSR count). The highest BCUT2D eigenvalue weighted by Gasteiger charge is 2.23. The highest BCUT2D eigenvalue weighted by Crippen LogP contribution is 2.27. The molecule has 5 N–H and O–H groups in total. The molecule has 30 heavy (non-hydrogen) atoms. The summed E-state index contributed by atoms with van der Waals surface area (Å²) in [6, 6.07) is 10.2. The van der Waals surface area contributed by atoms with Crippen molar-refractivity contribution >= 4 is 46.3 Å². The van der Waals surface area contributed by atoms with Crippen LogP contribution < -0.4 is 21.7 Å². The zero-order chi connectivity index (χ0) is 21.9. The number of aromatic nitrogens is 2. The van der Waals surface area contributed by atoms with E-state index in [1.165, 1.54) is 12.1 Å². The molecule has 1 unspecified atom stereocenters. The van der Waals surface area contributed by atoms with Crippen molar-refractivity contribution in [3.63, 3.8) is 0 Å². The minimum absolute atomic E-state index is 0.0139. The van der Waals surface area contributed by atoms with Gasteiger partial charge in [-0.15, -0.1) is 5.10 Å². The fourth-order valence-corrected chi connectivity index (χ4v) is 3.27. The number of nitrogens with one attached hydrogen (secondary N) is 3. The molecular formula is C20H21ClFN6OS. The number of hydrogen-bond acceptors (Lipinski definition) is 6. The van der Waals surface area contributed by atoms with Crippen LogP contribution >= 0.6 is 23.8 Å². The largest absolute Gasteiger partial charge is 0.408 e. The molecule has 157 valence electrons. The number of thiocarbonyl (C=S) groups is 1. The van der Waals surface area contributed by atoms with Gasteiger partial charge in [-0.25, -0.2) is 4.39 Å². The SMILES string of the molecule is [CH2]C(C)(NC(=S)Nc1c(N)cccc1CNc1nnc(C)o1)c1ccc(F)c(Cl)c1. The third-order valence-corrected chi connectivity index (χ3v) is 4.82. The van der Waals surface area contributed by atoms with Crippen LogP contribution in [0.1, 0.15) is 23.9 Å². The summed E-state index contributed by atoms with van der Waals surface area (Å²) in [6.07, 6.45) is 0. The average Bonchev–Trinajstić information content (AvgIpc) is 3.09. The summed E-state index contributed by atoms with van der Waals surface area (Å²) < 4.78 is 18.8. The van der Waals surface area contributed by atoms with Gasteiger partial charge in [-0.3, -0.25) is 0 Å². The average molecular weight is 448 g/mol. The number of benzene rings is 2. The van der Waals surface area contributed by atoms with Gasteiger partial charge in [0.15, 0.2) is 5.11 Å². The van der Waals surface area contributed by atoms with Crippen molar-refractivity contribution in [2.75, 3.05) is 16.4 Å². The van der Waals surface area contributed by atoms with E-state index >= 15 is 0 Å². The summed E-state index contributed by atoms with van der Waals surface area (Å²) in [6.45, 7) is 8.02. The van der Waals surface area contributed by atoms with Crippen LogP contribution in [-0.4, -0.2) is 15.3 Å². The smallest absolute Gasteiger partial charge is 0.315 e. The van der Waals surface area contributed by atoms with Crippen LogP contribution in [0.3, 0.4) is 0 Å². The van der Waals surface area contributed by atoms with Crippen LogP contribution in [0.25, 0.3) is 0 Å². The molecule has 2 aromatic carbocycles. The Hall–Kier alpha value is -2.91. The first kappa shape index (κ1) is 21.8. The van der Waals surface area contributed by atoms with Crippen LogP contribution in [0.4, 0.5) is 21.8 Å². The highest BCUT2D eigenvalue weighted by molar-refractivity contribution is 7.80. The molecular weight excluding hydrogens is 427 g/mol. The number of halogens is 2. The Balaban J connectivity index is 1.73. The van der Waals surface area contributed by atoms with Gasteiger partial charge in [0, 0.05) is 13.5 Å². The summed E-state index contributed by atoms with van der Waals surface area (Å²) in [5.74, 6) is -0.0352. The summed E-state index contributed by atoms with van der Waals surface area (Å²) in [4.78, 5) is 0. The minimum Gasteiger partial charge on any atom is -0.408 e. The molecule has 0 amide bonds. The molecule has 0 spiro atoms. The number of nitrogen functional groups attached to an aromatic ring is 1. The van der Waals surface area contributed by atoms with Crippen molar-refractivity contribution in [1.29, 1.82) is 0 Å². The fraction of sp³-hybridized carbons (Fsp3) is 0.200. The quantitative estimate of drug-likeness (QED) is 0.326. The van der Waals surface area contributed by atoms with Gasteiger partial charge in [-0.05, 0) is 55.4 Å². The van der Waals surface area contributed by atoms with Gasteiger partial charge in [-0.2, -0.15) is 0 Å². The fourth-order valence-electron chi connectivity index (χ4n) is 2.77. The summed E-state index contributed by atoms with van der Waals surface area (Å²) in [5.41, 5.74) is 7.95. The van der Waals surface area contributed by atoms with E-state index in [0.29, 0.717) is 40.5 Å². The first-order chi connectivity index (χ1) is 14.2. The van der Waals surface area contributed by atoms with Crippen LogP contribution in [0.2, 0.25) is 5.02 Å². The lowest BCUT2D eigenvalue weighted by Gasteiger charge is -2.29. The number of nitrogens with zero attached hydrogens (tertiary/aromatic N) is 2. The van der Waals surface area contributed by atoms with Gasteiger partial charge in [0.05, 0.1) is 21.9 Å². The van der Waals surface area contributed by atoms with Gasteiger partial charge >= 0.3 is 6.01 Å². The molecule has 10 heteroatoms. The number of rotatable bonds is 6. The Morgan fingerprint density at radius 1 is 1.33 bits per heavy atom. The third-order valence-electron chi connectivity index (χ3n) is 4.32. The maximum Gasteiger partial charge on any atom is 0.315 e. The molecule has 1 atom stereocenters. The first-order valence-electron chi connectivity index (χ1n) is 8.97. The Morgan fingerprint density at radius 3 is 2.77 bits per heavy atom.